The number of benzene rings is 1. The molecule has 0 saturated carbocycles. The van der Waals surface area contributed by atoms with E-state index in [0.29, 0.717) is 31.4 Å². The molecule has 3 atom stereocenters. The van der Waals surface area contributed by atoms with Crippen LogP contribution >= 0.6 is 0 Å². The molecule has 2 aliphatic rings. The molecule has 5 rings (SSSR count). The molecule has 0 bridgehead atoms. The van der Waals surface area contributed by atoms with Crippen LogP contribution in [-0.4, -0.2) is 91.9 Å². The number of hydrogen-bond donors (Lipinski definition) is 2. The number of pyridine rings is 1. The van der Waals surface area contributed by atoms with Crippen molar-refractivity contribution in [1.29, 1.82) is 0 Å². The molecule has 0 unspecified atom stereocenters. The van der Waals surface area contributed by atoms with Gasteiger partial charge < -0.3 is 15.1 Å². The number of nitrogens with zero attached hydrogens (tertiary/aromatic N) is 6. The zero-order chi connectivity index (χ0) is 31.3. The smallest absolute Gasteiger partial charge is 0.350 e. The van der Waals surface area contributed by atoms with Gasteiger partial charge in [-0.3, -0.25) is 24.7 Å². The second kappa shape index (κ2) is 13.7. The highest BCUT2D eigenvalue weighted by molar-refractivity contribution is 5.91. The lowest BCUT2D eigenvalue weighted by molar-refractivity contribution is -0.143. The number of carbonyl (C=O) groups is 3. The Kier molecular flexibility index (Phi) is 9.77. The maximum atomic E-state index is 13.9. The molecule has 0 aliphatic carbocycles. The predicted octanol–water partition coefficient (Wildman–Crippen LogP) is 2.36. The number of alkyl halides is 3. The fourth-order valence-electron chi connectivity index (χ4n) is 6.06. The average Bonchev–Trinajstić information content (AvgIpc) is 3.76. The topological polar surface area (TPSA) is 125 Å². The van der Waals surface area contributed by atoms with Crippen molar-refractivity contribution in [2.24, 2.45) is 13.0 Å². The van der Waals surface area contributed by atoms with Crippen molar-refractivity contribution in [3.8, 4) is 0 Å². The van der Waals surface area contributed by atoms with E-state index in [-0.39, 0.29) is 37.8 Å². The number of likely N-dealkylation sites (tertiary alicyclic amines) is 2. The summed E-state index contributed by atoms with van der Waals surface area (Å²) >= 11 is 0. The fourth-order valence-corrected chi connectivity index (χ4v) is 6.06. The van der Waals surface area contributed by atoms with Crippen LogP contribution < -0.4 is 10.6 Å². The van der Waals surface area contributed by atoms with Gasteiger partial charge in [0, 0.05) is 52.0 Å². The number of aryl methyl sites for hydroxylation is 1. The minimum atomic E-state index is -4.55. The van der Waals surface area contributed by atoms with E-state index in [9.17, 15) is 27.6 Å². The van der Waals surface area contributed by atoms with E-state index < -0.39 is 36.6 Å². The summed E-state index contributed by atoms with van der Waals surface area (Å²) in [6, 6.07) is 7.11. The zero-order valence-corrected chi connectivity index (χ0v) is 24.6. The third-order valence-electron chi connectivity index (χ3n) is 8.34. The Balaban J connectivity index is 1.31. The molecule has 3 amide bonds. The summed E-state index contributed by atoms with van der Waals surface area (Å²) in [4.78, 5) is 47.3. The predicted molar refractivity (Wildman–Crippen MR) is 155 cm³/mol. The Morgan fingerprint density at radius 2 is 1.82 bits per heavy atom. The van der Waals surface area contributed by atoms with Gasteiger partial charge in [-0.2, -0.15) is 13.2 Å². The van der Waals surface area contributed by atoms with Crippen molar-refractivity contribution in [3.05, 3.63) is 53.9 Å². The maximum absolute atomic E-state index is 13.9. The van der Waals surface area contributed by atoms with Crippen LogP contribution in [0.4, 0.5) is 13.2 Å². The standard InChI is InChI=1S/C30H37F3N8O3/c1-39-25-6-4-21(15-24(25)37-38-39)17-35-28(43)26-16-22(14-20-8-10-34-11-9-20)18-41(26)29(44)23(36-19-30(31,32)33)5-7-27(42)40-12-2-3-13-40/h4,6,8-11,15,22-23,26,36H,2-3,5,7,12-14,16-19H2,1H3,(H,35,43)/t22-,23-,26+/m1/s1. The first-order valence-corrected chi connectivity index (χ1v) is 14.9. The average molecular weight is 615 g/mol. The van der Waals surface area contributed by atoms with E-state index in [0.717, 1.165) is 29.5 Å². The molecule has 2 N–H and O–H groups in total. The van der Waals surface area contributed by atoms with Crippen LogP contribution in [0, 0.1) is 5.92 Å². The summed E-state index contributed by atoms with van der Waals surface area (Å²) in [6.45, 7) is 0.232. The van der Waals surface area contributed by atoms with Gasteiger partial charge in [-0.1, -0.05) is 11.3 Å². The number of amides is 3. The number of rotatable bonds is 11. The summed E-state index contributed by atoms with van der Waals surface area (Å²) in [5, 5.41) is 13.3. The highest BCUT2D eigenvalue weighted by atomic mass is 19.4. The van der Waals surface area contributed by atoms with Crippen LogP contribution in [0.25, 0.3) is 11.0 Å². The highest BCUT2D eigenvalue weighted by Gasteiger charge is 2.42. The van der Waals surface area contributed by atoms with E-state index >= 15 is 0 Å². The Labute approximate surface area is 253 Å². The summed E-state index contributed by atoms with van der Waals surface area (Å²) in [7, 11) is 1.78. The largest absolute Gasteiger partial charge is 0.401 e. The van der Waals surface area contributed by atoms with Gasteiger partial charge >= 0.3 is 6.18 Å². The van der Waals surface area contributed by atoms with E-state index in [4.69, 9.17) is 0 Å². The lowest BCUT2D eigenvalue weighted by Crippen LogP contribution is -2.53. The van der Waals surface area contributed by atoms with Gasteiger partial charge in [-0.25, -0.2) is 4.68 Å². The highest BCUT2D eigenvalue weighted by Crippen LogP contribution is 2.28. The molecule has 44 heavy (non-hydrogen) atoms. The quantitative estimate of drug-likeness (QED) is 0.340. The third kappa shape index (κ3) is 7.90. The molecular formula is C30H37F3N8O3. The van der Waals surface area contributed by atoms with Crippen molar-refractivity contribution in [2.75, 3.05) is 26.2 Å². The Bertz CT molecular complexity index is 1460. The van der Waals surface area contributed by atoms with E-state index in [2.05, 4.69) is 25.9 Å². The van der Waals surface area contributed by atoms with Gasteiger partial charge in [0.15, 0.2) is 0 Å². The second-order valence-corrected chi connectivity index (χ2v) is 11.6. The first-order valence-electron chi connectivity index (χ1n) is 14.9. The van der Waals surface area contributed by atoms with E-state index in [1.54, 1.807) is 29.0 Å². The van der Waals surface area contributed by atoms with Crippen molar-refractivity contribution in [1.82, 2.24) is 40.4 Å². The first-order chi connectivity index (χ1) is 21.1. The zero-order valence-electron chi connectivity index (χ0n) is 24.6. The van der Waals surface area contributed by atoms with Crippen LogP contribution in [0.2, 0.25) is 0 Å². The number of fused-ring (bicyclic) bond motifs is 1. The van der Waals surface area contributed by atoms with Crippen LogP contribution in [0.1, 0.15) is 43.2 Å². The molecule has 0 spiro atoms. The molecule has 14 heteroatoms. The number of nitrogens with one attached hydrogen (secondary N) is 2. The number of carbonyl (C=O) groups excluding carboxylic acids is 3. The number of hydrogen-bond acceptors (Lipinski definition) is 7. The van der Waals surface area contributed by atoms with Crippen LogP contribution in [0.3, 0.4) is 0 Å². The minimum Gasteiger partial charge on any atom is -0.350 e. The maximum Gasteiger partial charge on any atom is 0.401 e. The van der Waals surface area contributed by atoms with Gasteiger partial charge in [-0.15, -0.1) is 5.10 Å². The van der Waals surface area contributed by atoms with Crippen LogP contribution in [-0.2, 0) is 34.4 Å². The summed E-state index contributed by atoms with van der Waals surface area (Å²) in [5.74, 6) is -1.28. The van der Waals surface area contributed by atoms with E-state index in [1.807, 2.05) is 30.3 Å². The monoisotopic (exact) mass is 614 g/mol. The van der Waals surface area contributed by atoms with Crippen molar-refractivity contribution in [2.45, 2.75) is 63.3 Å². The molecule has 3 aromatic rings. The molecule has 2 aromatic heterocycles. The summed E-state index contributed by atoms with van der Waals surface area (Å²) in [5.41, 5.74) is 3.29. The van der Waals surface area contributed by atoms with Gasteiger partial charge in [-0.05, 0) is 73.4 Å². The molecule has 236 valence electrons. The van der Waals surface area contributed by atoms with Gasteiger partial charge in [0.1, 0.15) is 11.6 Å². The minimum absolute atomic E-state index is 0.0583. The fraction of sp³-hybridized carbons (Fsp3) is 0.533. The lowest BCUT2D eigenvalue weighted by atomic mass is 9.97. The number of halogens is 3. The van der Waals surface area contributed by atoms with Crippen molar-refractivity contribution >= 4 is 28.8 Å². The number of aromatic nitrogens is 4. The van der Waals surface area contributed by atoms with E-state index in [1.165, 1.54) is 4.90 Å². The summed E-state index contributed by atoms with van der Waals surface area (Å²) in [6.07, 6.45) is 1.33. The van der Waals surface area contributed by atoms with Crippen molar-refractivity contribution < 1.29 is 27.6 Å². The van der Waals surface area contributed by atoms with Crippen LogP contribution in [0.15, 0.2) is 42.7 Å². The van der Waals surface area contributed by atoms with Gasteiger partial charge in [0.05, 0.1) is 18.1 Å². The van der Waals surface area contributed by atoms with Crippen LogP contribution in [0.5, 0.6) is 0 Å². The van der Waals surface area contributed by atoms with Gasteiger partial charge in [0.25, 0.3) is 0 Å². The lowest BCUT2D eigenvalue weighted by Gasteiger charge is -2.29. The Morgan fingerprint density at radius 1 is 1.07 bits per heavy atom. The Hall–Kier alpha value is -4.07. The molecule has 4 heterocycles. The molecule has 2 aliphatic heterocycles. The molecular weight excluding hydrogens is 577 g/mol. The van der Waals surface area contributed by atoms with Gasteiger partial charge in [0.2, 0.25) is 17.7 Å². The molecule has 0 radical (unpaired) electrons. The Morgan fingerprint density at radius 3 is 2.55 bits per heavy atom. The first kappa shape index (κ1) is 31.4. The molecule has 2 saturated heterocycles. The second-order valence-electron chi connectivity index (χ2n) is 11.6. The summed E-state index contributed by atoms with van der Waals surface area (Å²) < 4.78 is 41.3. The molecule has 11 nitrogen and oxygen atoms in total. The normalized spacial score (nSPS) is 19.5. The SMILES string of the molecule is Cn1nnc2cc(CNC(=O)[C@@H]3C[C@@H](Cc4ccncc4)CN3C(=O)[C@@H](CCC(=O)N3CCCC3)NCC(F)(F)F)ccc21. The van der Waals surface area contributed by atoms with Crippen molar-refractivity contribution in [3.63, 3.8) is 0 Å². The molecule has 1 aromatic carbocycles. The molecule has 2 fully saturated rings. The third-order valence-corrected chi connectivity index (χ3v) is 8.34.